The number of para-hydroxylation sites is 4. The minimum atomic E-state index is -0.358. The Bertz CT molecular complexity index is 1180. The van der Waals surface area contributed by atoms with Crippen molar-refractivity contribution >= 4 is 23.2 Å². The number of anilines is 2. The van der Waals surface area contributed by atoms with Gasteiger partial charge >= 0.3 is 0 Å². The fourth-order valence-corrected chi connectivity index (χ4v) is 3.03. The monoisotopic (exact) mass is 440 g/mol. The largest absolute Gasteiger partial charge is 0.506 e. The standard InChI is InChI=1S/C26H20N2O5/c29-23-7-3-1-5-21(23)27-25(31)17-9-13-19(14-10-17)33-20-15-11-18(12-16-20)26(32)28-22-6-2-4-8-24(22)30/h1-16,29-30H,(H,27,31)(H,28,32). The highest BCUT2D eigenvalue weighted by molar-refractivity contribution is 6.05. The van der Waals surface area contributed by atoms with Gasteiger partial charge in [-0.15, -0.1) is 0 Å². The Morgan fingerprint density at radius 3 is 1.27 bits per heavy atom. The van der Waals surface area contributed by atoms with Crippen LogP contribution in [0.1, 0.15) is 20.7 Å². The smallest absolute Gasteiger partial charge is 0.255 e. The third kappa shape index (κ3) is 5.29. The molecule has 0 heterocycles. The van der Waals surface area contributed by atoms with Crippen molar-refractivity contribution in [1.29, 1.82) is 0 Å². The van der Waals surface area contributed by atoms with Crippen LogP contribution >= 0.6 is 0 Å². The molecule has 7 nitrogen and oxygen atoms in total. The molecule has 33 heavy (non-hydrogen) atoms. The molecule has 4 rings (SSSR count). The Balaban J connectivity index is 1.37. The number of amides is 2. The molecule has 0 bridgehead atoms. The van der Waals surface area contributed by atoms with Crippen LogP contribution in [0.3, 0.4) is 0 Å². The third-order valence-corrected chi connectivity index (χ3v) is 4.77. The van der Waals surface area contributed by atoms with Crippen molar-refractivity contribution < 1.29 is 24.5 Å². The molecule has 0 aliphatic carbocycles. The number of ether oxygens (including phenoxy) is 1. The lowest BCUT2D eigenvalue weighted by Gasteiger charge is -2.10. The van der Waals surface area contributed by atoms with Crippen LogP contribution in [0.15, 0.2) is 97.1 Å². The van der Waals surface area contributed by atoms with Gasteiger partial charge in [0.15, 0.2) is 0 Å². The SMILES string of the molecule is O=C(Nc1ccccc1O)c1ccc(Oc2ccc(C(=O)Nc3ccccc3O)cc2)cc1. The summed E-state index contributed by atoms with van der Waals surface area (Å²) in [5.41, 5.74) is 1.47. The number of benzene rings is 4. The lowest BCUT2D eigenvalue weighted by Crippen LogP contribution is -2.12. The summed E-state index contributed by atoms with van der Waals surface area (Å²) in [6, 6.07) is 26.0. The Labute approximate surface area is 189 Å². The zero-order valence-electron chi connectivity index (χ0n) is 17.4. The van der Waals surface area contributed by atoms with Gasteiger partial charge in [-0.05, 0) is 72.8 Å². The van der Waals surface area contributed by atoms with Gasteiger partial charge < -0.3 is 25.6 Å². The van der Waals surface area contributed by atoms with E-state index in [1.54, 1.807) is 84.9 Å². The van der Waals surface area contributed by atoms with Crippen LogP contribution in [-0.2, 0) is 0 Å². The van der Waals surface area contributed by atoms with Gasteiger partial charge in [-0.3, -0.25) is 9.59 Å². The van der Waals surface area contributed by atoms with Crippen molar-refractivity contribution in [3.05, 3.63) is 108 Å². The molecule has 4 aromatic carbocycles. The molecule has 0 spiro atoms. The predicted octanol–water partition coefficient (Wildman–Crippen LogP) is 5.39. The van der Waals surface area contributed by atoms with Crippen molar-refractivity contribution in [2.24, 2.45) is 0 Å². The molecule has 0 aromatic heterocycles. The molecule has 0 unspecified atom stereocenters. The van der Waals surface area contributed by atoms with E-state index in [-0.39, 0.29) is 23.3 Å². The molecule has 7 heteroatoms. The zero-order valence-corrected chi connectivity index (χ0v) is 17.4. The van der Waals surface area contributed by atoms with Crippen LogP contribution in [0.5, 0.6) is 23.0 Å². The maximum absolute atomic E-state index is 12.4. The number of rotatable bonds is 6. The van der Waals surface area contributed by atoms with Crippen molar-refractivity contribution in [2.45, 2.75) is 0 Å². The number of aromatic hydroxyl groups is 2. The summed E-state index contributed by atoms with van der Waals surface area (Å²) in [6.45, 7) is 0. The first-order chi connectivity index (χ1) is 16.0. The molecule has 0 atom stereocenters. The summed E-state index contributed by atoms with van der Waals surface area (Å²) in [7, 11) is 0. The van der Waals surface area contributed by atoms with Gasteiger partial charge in [0.1, 0.15) is 23.0 Å². The van der Waals surface area contributed by atoms with Gasteiger partial charge in [0.2, 0.25) is 0 Å². The fourth-order valence-electron chi connectivity index (χ4n) is 3.03. The Morgan fingerprint density at radius 2 is 0.909 bits per heavy atom. The molecule has 164 valence electrons. The average Bonchev–Trinajstić information content (AvgIpc) is 2.83. The van der Waals surface area contributed by atoms with Crippen LogP contribution in [-0.4, -0.2) is 22.0 Å². The molecule has 0 aliphatic heterocycles. The lowest BCUT2D eigenvalue weighted by molar-refractivity contribution is 0.101. The fraction of sp³-hybridized carbons (Fsp3) is 0. The molecular formula is C26H20N2O5. The Kier molecular flexibility index (Phi) is 6.22. The minimum Gasteiger partial charge on any atom is -0.506 e. The molecule has 4 aromatic rings. The van der Waals surface area contributed by atoms with E-state index in [1.165, 1.54) is 12.1 Å². The first-order valence-electron chi connectivity index (χ1n) is 10.1. The lowest BCUT2D eigenvalue weighted by atomic mass is 10.2. The summed E-state index contributed by atoms with van der Waals surface area (Å²) < 4.78 is 5.78. The van der Waals surface area contributed by atoms with Crippen molar-refractivity contribution in [3.8, 4) is 23.0 Å². The van der Waals surface area contributed by atoms with Gasteiger partial charge in [0.25, 0.3) is 11.8 Å². The average molecular weight is 440 g/mol. The molecule has 0 aliphatic rings. The van der Waals surface area contributed by atoms with Crippen molar-refractivity contribution in [3.63, 3.8) is 0 Å². The number of hydrogen-bond donors (Lipinski definition) is 4. The molecule has 2 amide bonds. The Hall–Kier alpha value is -4.78. The van der Waals surface area contributed by atoms with E-state index in [0.29, 0.717) is 34.0 Å². The van der Waals surface area contributed by atoms with Gasteiger partial charge in [0.05, 0.1) is 11.4 Å². The number of hydrogen-bond acceptors (Lipinski definition) is 5. The first-order valence-corrected chi connectivity index (χ1v) is 10.1. The number of nitrogens with one attached hydrogen (secondary N) is 2. The van der Waals surface area contributed by atoms with E-state index >= 15 is 0 Å². The van der Waals surface area contributed by atoms with E-state index < -0.39 is 0 Å². The van der Waals surface area contributed by atoms with Crippen LogP contribution < -0.4 is 15.4 Å². The number of carbonyl (C=O) groups excluding carboxylic acids is 2. The van der Waals surface area contributed by atoms with E-state index in [9.17, 15) is 19.8 Å². The highest BCUT2D eigenvalue weighted by atomic mass is 16.5. The third-order valence-electron chi connectivity index (χ3n) is 4.77. The summed E-state index contributed by atoms with van der Waals surface area (Å²) >= 11 is 0. The predicted molar refractivity (Wildman–Crippen MR) is 125 cm³/mol. The first kappa shape index (κ1) is 21.5. The van der Waals surface area contributed by atoms with Crippen LogP contribution in [0.25, 0.3) is 0 Å². The highest BCUT2D eigenvalue weighted by Gasteiger charge is 2.11. The molecule has 0 fully saturated rings. The van der Waals surface area contributed by atoms with Crippen molar-refractivity contribution in [1.82, 2.24) is 0 Å². The van der Waals surface area contributed by atoms with Crippen LogP contribution in [0.2, 0.25) is 0 Å². The minimum absolute atomic E-state index is 0.0106. The van der Waals surface area contributed by atoms with E-state index in [2.05, 4.69) is 10.6 Å². The molecular weight excluding hydrogens is 420 g/mol. The Morgan fingerprint density at radius 1 is 0.545 bits per heavy atom. The maximum Gasteiger partial charge on any atom is 0.255 e. The maximum atomic E-state index is 12.4. The van der Waals surface area contributed by atoms with Gasteiger partial charge in [-0.2, -0.15) is 0 Å². The van der Waals surface area contributed by atoms with E-state index in [4.69, 9.17) is 4.74 Å². The van der Waals surface area contributed by atoms with Crippen LogP contribution in [0, 0.1) is 0 Å². The molecule has 4 N–H and O–H groups in total. The van der Waals surface area contributed by atoms with Gasteiger partial charge in [-0.25, -0.2) is 0 Å². The highest BCUT2D eigenvalue weighted by Crippen LogP contribution is 2.26. The second-order valence-electron chi connectivity index (χ2n) is 7.09. The van der Waals surface area contributed by atoms with E-state index in [0.717, 1.165) is 0 Å². The van der Waals surface area contributed by atoms with E-state index in [1.807, 2.05) is 0 Å². The second-order valence-corrected chi connectivity index (χ2v) is 7.09. The quantitative estimate of drug-likeness (QED) is 0.301. The zero-order chi connectivity index (χ0) is 23.2. The van der Waals surface area contributed by atoms with Crippen molar-refractivity contribution in [2.75, 3.05) is 10.6 Å². The number of phenols is 2. The van der Waals surface area contributed by atoms with Gasteiger partial charge in [0, 0.05) is 11.1 Å². The summed E-state index contributed by atoms with van der Waals surface area (Å²) in [4.78, 5) is 24.7. The topological polar surface area (TPSA) is 108 Å². The number of phenolic OH excluding ortho intramolecular Hbond substituents is 2. The van der Waals surface area contributed by atoms with Gasteiger partial charge in [-0.1, -0.05) is 24.3 Å². The number of carbonyl (C=O) groups is 2. The van der Waals surface area contributed by atoms with Crippen LogP contribution in [0.4, 0.5) is 11.4 Å². The normalized spacial score (nSPS) is 10.3. The summed E-state index contributed by atoms with van der Waals surface area (Å²) in [5.74, 6) is 0.291. The summed E-state index contributed by atoms with van der Waals surface area (Å²) in [5, 5.41) is 24.9. The molecule has 0 radical (unpaired) electrons. The molecule has 0 saturated heterocycles. The summed E-state index contributed by atoms with van der Waals surface area (Å²) in [6.07, 6.45) is 0. The molecule has 0 saturated carbocycles. The second kappa shape index (κ2) is 9.57.